The van der Waals surface area contributed by atoms with Crippen LogP contribution in [0.1, 0.15) is 32.6 Å². The van der Waals surface area contributed by atoms with E-state index in [1.807, 2.05) is 0 Å². The molecule has 1 rings (SSSR count). The van der Waals surface area contributed by atoms with Crippen LogP contribution in [0.25, 0.3) is 0 Å². The molecular formula is C12H22F2N2O. The third-order valence-corrected chi connectivity index (χ3v) is 3.43. The molecule has 2 N–H and O–H groups in total. The molecule has 0 aliphatic heterocycles. The van der Waals surface area contributed by atoms with Crippen molar-refractivity contribution in [3.05, 3.63) is 0 Å². The highest BCUT2D eigenvalue weighted by molar-refractivity contribution is 5.79. The molecule has 0 saturated heterocycles. The Hall–Kier alpha value is -0.710. The van der Waals surface area contributed by atoms with Gasteiger partial charge in [-0.15, -0.1) is 0 Å². The number of hydrogen-bond acceptors (Lipinski definition) is 2. The van der Waals surface area contributed by atoms with Gasteiger partial charge in [-0.2, -0.15) is 0 Å². The van der Waals surface area contributed by atoms with Gasteiger partial charge in [0.1, 0.15) is 0 Å². The van der Waals surface area contributed by atoms with Crippen molar-refractivity contribution in [3.8, 4) is 0 Å². The topological polar surface area (TPSA) is 46.3 Å². The van der Waals surface area contributed by atoms with Gasteiger partial charge in [-0.3, -0.25) is 4.79 Å². The SMILES string of the molecule is CC1CCC(C(=O)N(CCN)CC(F)F)CC1. The molecule has 100 valence electrons. The zero-order valence-corrected chi connectivity index (χ0v) is 10.4. The van der Waals surface area contributed by atoms with Crippen molar-refractivity contribution in [1.82, 2.24) is 4.90 Å². The van der Waals surface area contributed by atoms with E-state index in [2.05, 4.69) is 6.92 Å². The van der Waals surface area contributed by atoms with Crippen molar-refractivity contribution >= 4 is 5.91 Å². The Kier molecular flexibility index (Phi) is 5.82. The van der Waals surface area contributed by atoms with Crippen LogP contribution in [0.15, 0.2) is 0 Å². The predicted molar refractivity (Wildman–Crippen MR) is 62.8 cm³/mol. The predicted octanol–water partition coefficient (Wildman–Crippen LogP) is 1.87. The summed E-state index contributed by atoms with van der Waals surface area (Å²) in [7, 11) is 0. The van der Waals surface area contributed by atoms with Crippen molar-refractivity contribution < 1.29 is 13.6 Å². The number of carbonyl (C=O) groups is 1. The average molecular weight is 248 g/mol. The number of amides is 1. The second-order valence-electron chi connectivity index (χ2n) is 4.92. The van der Waals surface area contributed by atoms with Gasteiger partial charge in [0.2, 0.25) is 5.91 Å². The molecule has 1 aliphatic rings. The van der Waals surface area contributed by atoms with Crippen LogP contribution in [-0.2, 0) is 4.79 Å². The molecule has 0 radical (unpaired) electrons. The Morgan fingerprint density at radius 2 is 1.94 bits per heavy atom. The van der Waals surface area contributed by atoms with Gasteiger partial charge >= 0.3 is 0 Å². The van der Waals surface area contributed by atoms with Crippen molar-refractivity contribution in [2.45, 2.75) is 39.0 Å². The number of hydrogen-bond donors (Lipinski definition) is 1. The second kappa shape index (κ2) is 6.89. The highest BCUT2D eigenvalue weighted by Crippen LogP contribution is 2.29. The summed E-state index contributed by atoms with van der Waals surface area (Å²) >= 11 is 0. The highest BCUT2D eigenvalue weighted by atomic mass is 19.3. The lowest BCUT2D eigenvalue weighted by Gasteiger charge is -2.30. The molecule has 0 bridgehead atoms. The molecule has 1 fully saturated rings. The fourth-order valence-corrected chi connectivity index (χ4v) is 2.38. The molecule has 0 aromatic heterocycles. The van der Waals surface area contributed by atoms with Gasteiger partial charge in [0.25, 0.3) is 6.43 Å². The summed E-state index contributed by atoms with van der Waals surface area (Å²) in [4.78, 5) is 13.3. The fourth-order valence-electron chi connectivity index (χ4n) is 2.38. The zero-order valence-electron chi connectivity index (χ0n) is 10.4. The summed E-state index contributed by atoms with van der Waals surface area (Å²) in [5.74, 6) is 0.441. The first-order valence-electron chi connectivity index (χ1n) is 6.31. The lowest BCUT2D eigenvalue weighted by molar-refractivity contribution is -0.138. The molecule has 0 aromatic carbocycles. The molecule has 1 saturated carbocycles. The first-order valence-corrected chi connectivity index (χ1v) is 6.31. The van der Waals surface area contributed by atoms with Gasteiger partial charge in [-0.25, -0.2) is 8.78 Å². The minimum atomic E-state index is -2.48. The molecule has 3 nitrogen and oxygen atoms in total. The molecule has 5 heteroatoms. The van der Waals surface area contributed by atoms with Crippen LogP contribution in [0, 0.1) is 11.8 Å². The third kappa shape index (κ3) is 4.58. The van der Waals surface area contributed by atoms with E-state index in [1.54, 1.807) is 0 Å². The number of rotatable bonds is 5. The van der Waals surface area contributed by atoms with Crippen LogP contribution in [0.5, 0.6) is 0 Å². The summed E-state index contributed by atoms with van der Waals surface area (Å²) in [5, 5.41) is 0. The summed E-state index contributed by atoms with van der Waals surface area (Å²) in [6.07, 6.45) is 1.20. The molecule has 1 aliphatic carbocycles. The van der Waals surface area contributed by atoms with Gasteiger partial charge in [0, 0.05) is 19.0 Å². The zero-order chi connectivity index (χ0) is 12.8. The maximum atomic E-state index is 12.4. The van der Waals surface area contributed by atoms with Gasteiger partial charge in [0.15, 0.2) is 0 Å². The van der Waals surface area contributed by atoms with Crippen molar-refractivity contribution in [2.24, 2.45) is 17.6 Å². The van der Waals surface area contributed by atoms with Gasteiger partial charge in [-0.05, 0) is 31.6 Å². The molecule has 0 spiro atoms. The van der Waals surface area contributed by atoms with Crippen molar-refractivity contribution in [2.75, 3.05) is 19.6 Å². The van der Waals surface area contributed by atoms with Crippen LogP contribution in [0.2, 0.25) is 0 Å². The molecular weight excluding hydrogens is 226 g/mol. The van der Waals surface area contributed by atoms with E-state index in [1.165, 1.54) is 4.90 Å². The minimum Gasteiger partial charge on any atom is -0.335 e. The summed E-state index contributed by atoms with van der Waals surface area (Å²) in [6, 6.07) is 0. The Balaban J connectivity index is 2.51. The van der Waals surface area contributed by atoms with E-state index in [4.69, 9.17) is 5.73 Å². The smallest absolute Gasteiger partial charge is 0.255 e. The van der Waals surface area contributed by atoms with Crippen molar-refractivity contribution in [1.29, 1.82) is 0 Å². The van der Waals surface area contributed by atoms with Crippen LogP contribution in [0.4, 0.5) is 8.78 Å². The van der Waals surface area contributed by atoms with Crippen LogP contribution < -0.4 is 5.73 Å². The molecule has 0 atom stereocenters. The third-order valence-electron chi connectivity index (χ3n) is 3.43. The average Bonchev–Trinajstić information content (AvgIpc) is 2.28. The monoisotopic (exact) mass is 248 g/mol. The standard InChI is InChI=1S/C12H22F2N2O/c1-9-2-4-10(5-3-9)12(17)16(7-6-15)8-11(13)14/h9-11H,2-8,15H2,1H3. The lowest BCUT2D eigenvalue weighted by atomic mass is 9.82. The number of carbonyl (C=O) groups excluding carboxylic acids is 1. The summed E-state index contributed by atoms with van der Waals surface area (Å²) < 4.78 is 24.7. The largest absolute Gasteiger partial charge is 0.335 e. The number of halogens is 2. The van der Waals surface area contributed by atoms with E-state index in [-0.39, 0.29) is 24.9 Å². The maximum Gasteiger partial charge on any atom is 0.255 e. The Morgan fingerprint density at radius 1 is 1.35 bits per heavy atom. The van der Waals surface area contributed by atoms with Crippen LogP contribution in [0.3, 0.4) is 0 Å². The maximum absolute atomic E-state index is 12.4. The van der Waals surface area contributed by atoms with Gasteiger partial charge < -0.3 is 10.6 Å². The summed E-state index contributed by atoms with van der Waals surface area (Å²) in [6.45, 7) is 2.15. The Labute approximate surface area is 101 Å². The first kappa shape index (κ1) is 14.4. The molecule has 17 heavy (non-hydrogen) atoms. The first-order chi connectivity index (χ1) is 8.04. The lowest BCUT2D eigenvalue weighted by Crippen LogP contribution is -2.42. The molecule has 0 unspecified atom stereocenters. The molecule has 1 amide bonds. The van der Waals surface area contributed by atoms with Crippen LogP contribution in [-0.4, -0.2) is 36.9 Å². The van der Waals surface area contributed by atoms with Crippen molar-refractivity contribution in [3.63, 3.8) is 0 Å². The minimum absolute atomic E-state index is 0.0727. The fraction of sp³-hybridized carbons (Fsp3) is 0.917. The van der Waals surface area contributed by atoms with E-state index in [0.717, 1.165) is 25.7 Å². The van der Waals surface area contributed by atoms with Gasteiger partial charge in [-0.1, -0.05) is 6.92 Å². The van der Waals surface area contributed by atoms with Gasteiger partial charge in [0.05, 0.1) is 6.54 Å². The highest BCUT2D eigenvalue weighted by Gasteiger charge is 2.28. The summed E-state index contributed by atoms with van der Waals surface area (Å²) in [5.41, 5.74) is 5.36. The van der Waals surface area contributed by atoms with E-state index in [9.17, 15) is 13.6 Å². The second-order valence-corrected chi connectivity index (χ2v) is 4.92. The number of nitrogens with zero attached hydrogens (tertiary/aromatic N) is 1. The Bertz CT molecular complexity index is 241. The quantitative estimate of drug-likeness (QED) is 0.807. The number of alkyl halides is 2. The Morgan fingerprint density at radius 3 is 2.41 bits per heavy atom. The van der Waals surface area contributed by atoms with E-state index >= 15 is 0 Å². The molecule has 0 heterocycles. The van der Waals surface area contributed by atoms with E-state index in [0.29, 0.717) is 5.92 Å². The van der Waals surface area contributed by atoms with Crippen LogP contribution >= 0.6 is 0 Å². The normalized spacial score (nSPS) is 25.0. The molecule has 0 aromatic rings. The number of nitrogens with two attached hydrogens (primary N) is 1. The van der Waals surface area contributed by atoms with E-state index < -0.39 is 13.0 Å².